The van der Waals surface area contributed by atoms with E-state index in [1.165, 1.54) is 0 Å². The molecule has 0 aliphatic rings. The first-order valence-corrected chi connectivity index (χ1v) is 10.6. The molecule has 0 bridgehead atoms. The number of anilines is 1. The summed E-state index contributed by atoms with van der Waals surface area (Å²) in [6.07, 6.45) is 0.459. The number of nitrogens with one attached hydrogen (secondary N) is 1. The summed E-state index contributed by atoms with van der Waals surface area (Å²) in [6.45, 7) is 5.22. The molecule has 9 nitrogen and oxygen atoms in total. The molecule has 0 fully saturated rings. The van der Waals surface area contributed by atoms with E-state index >= 15 is 0 Å². The Kier molecular flexibility index (Phi) is 6.57. The first-order valence-electron chi connectivity index (χ1n) is 9.19. The Morgan fingerprint density at radius 1 is 1.21 bits per heavy atom. The lowest BCUT2D eigenvalue weighted by Gasteiger charge is -2.23. The van der Waals surface area contributed by atoms with E-state index in [1.54, 1.807) is 0 Å². The number of benzene rings is 2. The van der Waals surface area contributed by atoms with Crippen molar-refractivity contribution < 1.29 is 17.2 Å². The van der Waals surface area contributed by atoms with Crippen molar-refractivity contribution in [3.05, 3.63) is 48.0 Å². The number of H-pyrrole nitrogens is 1. The highest BCUT2D eigenvalue weighted by Crippen LogP contribution is 2.27. The van der Waals surface area contributed by atoms with E-state index < -0.39 is 10.4 Å². The van der Waals surface area contributed by atoms with Gasteiger partial charge in [-0.15, -0.1) is 10.2 Å². The van der Waals surface area contributed by atoms with Gasteiger partial charge in [0.05, 0.1) is 23.3 Å². The topological polar surface area (TPSA) is 120 Å². The van der Waals surface area contributed by atoms with Crippen LogP contribution in [0.25, 0.3) is 11.0 Å². The van der Waals surface area contributed by atoms with Crippen LogP contribution in [0.15, 0.2) is 52.7 Å². The summed E-state index contributed by atoms with van der Waals surface area (Å²) in [5.74, 6) is 0.448. The molecule has 0 saturated heterocycles. The fourth-order valence-electron chi connectivity index (χ4n) is 2.93. The second-order valence-corrected chi connectivity index (χ2v) is 7.52. The Morgan fingerprint density at radius 2 is 2.00 bits per heavy atom. The molecule has 29 heavy (non-hydrogen) atoms. The number of para-hydroxylation sites is 2. The summed E-state index contributed by atoms with van der Waals surface area (Å²) < 4.78 is 34.2. The first-order chi connectivity index (χ1) is 13.9. The number of aryl methyl sites for hydroxylation is 1. The molecular formula is C19H23N5O4S. The number of aromatic amines is 1. The van der Waals surface area contributed by atoms with E-state index in [1.807, 2.05) is 56.3 Å². The number of hydrogen-bond acceptors (Lipinski definition) is 7. The minimum absolute atomic E-state index is 0.0713. The van der Waals surface area contributed by atoms with Gasteiger partial charge in [0.1, 0.15) is 0 Å². The smallest absolute Gasteiger partial charge is 0.372 e. The summed E-state index contributed by atoms with van der Waals surface area (Å²) in [4.78, 5) is 9.57. The molecule has 0 aliphatic carbocycles. The summed E-state index contributed by atoms with van der Waals surface area (Å²) in [5.41, 5.74) is 4.42. The molecule has 2 N–H and O–H groups in total. The third kappa shape index (κ3) is 5.83. The van der Waals surface area contributed by atoms with Gasteiger partial charge >= 0.3 is 10.4 Å². The molecule has 10 heteroatoms. The molecule has 3 aromatic rings. The van der Waals surface area contributed by atoms with Gasteiger partial charge in [0, 0.05) is 18.8 Å². The van der Waals surface area contributed by atoms with Crippen molar-refractivity contribution in [2.24, 2.45) is 10.2 Å². The van der Waals surface area contributed by atoms with Crippen LogP contribution in [-0.4, -0.2) is 42.6 Å². The largest absolute Gasteiger partial charge is 0.397 e. The highest BCUT2D eigenvalue weighted by atomic mass is 32.3. The van der Waals surface area contributed by atoms with Gasteiger partial charge in [-0.2, -0.15) is 8.42 Å². The molecule has 0 aliphatic heterocycles. The fraction of sp³-hybridized carbons (Fsp3) is 0.316. The maximum absolute atomic E-state index is 10.6. The SMILES string of the molecule is CCN(CCCOS(=O)(=O)O)c1ccc(N=Nc2nc3ccccc3[nH]2)c(C)c1. The lowest BCUT2D eigenvalue weighted by molar-refractivity contribution is 0.266. The van der Waals surface area contributed by atoms with Gasteiger partial charge < -0.3 is 9.88 Å². The number of nitrogens with zero attached hydrogens (tertiary/aromatic N) is 4. The predicted molar refractivity (Wildman–Crippen MR) is 111 cm³/mol. The van der Waals surface area contributed by atoms with Gasteiger partial charge in [-0.3, -0.25) is 4.55 Å². The molecule has 0 unspecified atom stereocenters. The van der Waals surface area contributed by atoms with Crippen molar-refractivity contribution in [2.45, 2.75) is 20.3 Å². The quantitative estimate of drug-likeness (QED) is 0.304. The number of hydrogen-bond donors (Lipinski definition) is 2. The summed E-state index contributed by atoms with van der Waals surface area (Å²) in [7, 11) is -4.39. The zero-order chi connectivity index (χ0) is 20.9. The van der Waals surface area contributed by atoms with Gasteiger partial charge in [0.2, 0.25) is 5.95 Å². The molecule has 0 saturated carbocycles. The average molecular weight is 417 g/mol. The Morgan fingerprint density at radius 3 is 2.69 bits per heavy atom. The van der Waals surface area contributed by atoms with Crippen molar-refractivity contribution in [1.82, 2.24) is 9.97 Å². The van der Waals surface area contributed by atoms with Gasteiger partial charge in [0.25, 0.3) is 0 Å². The van der Waals surface area contributed by atoms with Crippen molar-refractivity contribution in [1.29, 1.82) is 0 Å². The number of aromatic nitrogens is 2. The normalized spacial score (nSPS) is 12.1. The Hall–Kier alpha value is -2.82. The van der Waals surface area contributed by atoms with Crippen LogP contribution < -0.4 is 4.90 Å². The molecule has 0 spiro atoms. The van der Waals surface area contributed by atoms with E-state index in [2.05, 4.69) is 29.3 Å². The highest BCUT2D eigenvalue weighted by molar-refractivity contribution is 7.80. The van der Waals surface area contributed by atoms with Crippen LogP contribution in [0.4, 0.5) is 17.3 Å². The second kappa shape index (κ2) is 9.12. The standard InChI is InChI=1S/C19H23N5O4S/c1-3-24(11-6-12-28-29(25,26)27)15-9-10-16(14(2)13-15)22-23-19-20-17-7-4-5-8-18(17)21-19/h4-5,7-10,13H,3,6,11-12H2,1-2H3,(H,20,21)(H,25,26,27). The number of rotatable bonds is 9. The number of imidazole rings is 1. The van der Waals surface area contributed by atoms with Crippen molar-refractivity contribution in [2.75, 3.05) is 24.6 Å². The van der Waals surface area contributed by atoms with Crippen LogP contribution in [0.3, 0.4) is 0 Å². The van der Waals surface area contributed by atoms with E-state index in [-0.39, 0.29) is 6.61 Å². The van der Waals surface area contributed by atoms with Gasteiger partial charge in [-0.1, -0.05) is 12.1 Å². The van der Waals surface area contributed by atoms with Crippen LogP contribution in [0.5, 0.6) is 0 Å². The second-order valence-electron chi connectivity index (χ2n) is 6.43. The molecule has 0 atom stereocenters. The zero-order valence-electron chi connectivity index (χ0n) is 16.2. The Balaban J connectivity index is 1.66. The lowest BCUT2D eigenvalue weighted by Crippen LogP contribution is -2.25. The van der Waals surface area contributed by atoms with E-state index in [4.69, 9.17) is 4.55 Å². The first kappa shape index (κ1) is 20.9. The molecule has 154 valence electrons. The van der Waals surface area contributed by atoms with Crippen molar-refractivity contribution in [3.8, 4) is 0 Å². The summed E-state index contributed by atoms with van der Waals surface area (Å²) >= 11 is 0. The number of azo groups is 1. The van der Waals surface area contributed by atoms with Crippen LogP contribution in [0.1, 0.15) is 18.9 Å². The molecule has 3 rings (SSSR count). The maximum atomic E-state index is 10.6. The van der Waals surface area contributed by atoms with E-state index in [0.29, 0.717) is 18.9 Å². The molecule has 1 heterocycles. The summed E-state index contributed by atoms with van der Waals surface area (Å²) in [5, 5.41) is 8.50. The van der Waals surface area contributed by atoms with Crippen LogP contribution in [0.2, 0.25) is 0 Å². The van der Waals surface area contributed by atoms with Gasteiger partial charge in [0.15, 0.2) is 0 Å². The third-order valence-electron chi connectivity index (χ3n) is 4.36. The van der Waals surface area contributed by atoms with Crippen LogP contribution in [-0.2, 0) is 14.6 Å². The maximum Gasteiger partial charge on any atom is 0.397 e. The molecule has 1 aromatic heterocycles. The van der Waals surface area contributed by atoms with E-state index in [0.717, 1.165) is 34.5 Å². The molecule has 2 aromatic carbocycles. The van der Waals surface area contributed by atoms with Crippen LogP contribution in [0, 0.1) is 6.92 Å². The van der Waals surface area contributed by atoms with Crippen LogP contribution >= 0.6 is 0 Å². The minimum atomic E-state index is -4.39. The average Bonchev–Trinajstić information content (AvgIpc) is 3.09. The Labute approximate surface area is 169 Å². The lowest BCUT2D eigenvalue weighted by atomic mass is 10.1. The predicted octanol–water partition coefficient (Wildman–Crippen LogP) is 4.32. The molecule has 0 amide bonds. The minimum Gasteiger partial charge on any atom is -0.372 e. The molecule has 0 radical (unpaired) electrons. The highest BCUT2D eigenvalue weighted by Gasteiger charge is 2.09. The fourth-order valence-corrected chi connectivity index (χ4v) is 3.25. The monoisotopic (exact) mass is 417 g/mol. The van der Waals surface area contributed by atoms with Crippen molar-refractivity contribution in [3.63, 3.8) is 0 Å². The summed E-state index contributed by atoms with van der Waals surface area (Å²) in [6, 6.07) is 13.5. The van der Waals surface area contributed by atoms with Gasteiger partial charge in [-0.25, -0.2) is 9.17 Å². The molecular weight excluding hydrogens is 394 g/mol. The number of fused-ring (bicyclic) bond motifs is 1. The van der Waals surface area contributed by atoms with Crippen molar-refractivity contribution >= 4 is 38.8 Å². The van der Waals surface area contributed by atoms with Gasteiger partial charge in [-0.05, 0) is 56.2 Å². The van der Waals surface area contributed by atoms with E-state index in [9.17, 15) is 8.42 Å². The Bertz CT molecular complexity index is 1080. The third-order valence-corrected chi connectivity index (χ3v) is 4.83. The zero-order valence-corrected chi connectivity index (χ0v) is 17.1.